The second-order valence-corrected chi connectivity index (χ2v) is 17.9. The molecule has 0 aliphatic heterocycles. The molecule has 0 aliphatic rings. The van der Waals surface area contributed by atoms with Crippen molar-refractivity contribution < 1.29 is 0 Å². The fraction of sp³-hybridized carbons (Fsp3) is 0. The van der Waals surface area contributed by atoms with Crippen LogP contribution in [0.25, 0.3) is 131 Å². The summed E-state index contributed by atoms with van der Waals surface area (Å²) in [6.45, 7) is 0. The highest BCUT2D eigenvalue weighted by Crippen LogP contribution is 2.46. The summed E-state index contributed by atoms with van der Waals surface area (Å²) >= 11 is 1.83. The molecule has 2 nitrogen and oxygen atoms in total. The van der Waals surface area contributed by atoms with Crippen LogP contribution in [0.2, 0.25) is 0 Å². The Kier molecular flexibility index (Phi) is 8.75. The van der Waals surface area contributed by atoms with Gasteiger partial charge in [-0.3, -0.25) is 0 Å². The Morgan fingerprint density at radius 1 is 0.262 bits per heavy atom. The first-order valence-corrected chi connectivity index (χ1v) is 22.9. The van der Waals surface area contributed by atoms with Crippen LogP contribution in [0.4, 0.5) is 0 Å². The zero-order valence-electron chi connectivity index (χ0n) is 35.2. The first-order valence-electron chi connectivity index (χ1n) is 22.1. The molecule has 2 aromatic heterocycles. The predicted molar refractivity (Wildman–Crippen MR) is 278 cm³/mol. The molecule has 0 fully saturated rings. The maximum atomic E-state index is 5.17. The van der Waals surface area contributed by atoms with Gasteiger partial charge >= 0.3 is 0 Å². The average Bonchev–Trinajstić information content (AvgIpc) is 3.76. The fourth-order valence-corrected chi connectivity index (χ4v) is 11.1. The van der Waals surface area contributed by atoms with Crippen molar-refractivity contribution in [3.63, 3.8) is 0 Å². The molecule has 3 heteroatoms. The third-order valence-corrected chi connectivity index (χ3v) is 14.2. The topological polar surface area (TPSA) is 25.8 Å². The highest BCUT2D eigenvalue weighted by atomic mass is 32.1. The van der Waals surface area contributed by atoms with Crippen molar-refractivity contribution in [2.45, 2.75) is 0 Å². The van der Waals surface area contributed by atoms with Gasteiger partial charge in [-0.15, -0.1) is 11.3 Å². The van der Waals surface area contributed by atoms with Gasteiger partial charge in [0.05, 0.1) is 11.4 Å². The number of aromatic nitrogens is 2. The molecule has 302 valence electrons. The van der Waals surface area contributed by atoms with E-state index in [1.807, 2.05) is 29.5 Å². The van der Waals surface area contributed by atoms with Crippen molar-refractivity contribution in [1.82, 2.24) is 9.97 Å². The molecule has 0 aliphatic carbocycles. The lowest BCUT2D eigenvalue weighted by Crippen LogP contribution is -1.96. The van der Waals surface area contributed by atoms with Gasteiger partial charge in [0, 0.05) is 36.9 Å². The van der Waals surface area contributed by atoms with Crippen LogP contribution in [-0.2, 0) is 0 Å². The highest BCUT2D eigenvalue weighted by molar-refractivity contribution is 7.25. The molecule has 13 aromatic rings. The summed E-state index contributed by atoms with van der Waals surface area (Å²) < 4.78 is 2.56. The number of benzene rings is 11. The van der Waals surface area contributed by atoms with Crippen molar-refractivity contribution in [3.05, 3.63) is 231 Å². The van der Waals surface area contributed by atoms with E-state index in [0.717, 1.165) is 33.9 Å². The van der Waals surface area contributed by atoms with Crippen LogP contribution in [0, 0.1) is 0 Å². The third-order valence-electron chi connectivity index (χ3n) is 13.1. The summed E-state index contributed by atoms with van der Waals surface area (Å²) in [5, 5.41) is 12.5. The van der Waals surface area contributed by atoms with Crippen LogP contribution in [-0.4, -0.2) is 9.97 Å². The Bertz CT molecular complexity index is 3980. The highest BCUT2D eigenvalue weighted by Gasteiger charge is 2.19. The lowest BCUT2D eigenvalue weighted by atomic mass is 9.84. The van der Waals surface area contributed by atoms with Gasteiger partial charge < -0.3 is 0 Å². The van der Waals surface area contributed by atoms with Gasteiger partial charge in [-0.05, 0) is 107 Å². The number of nitrogens with zero attached hydrogens (tertiary/aromatic N) is 2. The zero-order chi connectivity index (χ0) is 42.8. The van der Waals surface area contributed by atoms with Crippen molar-refractivity contribution in [1.29, 1.82) is 0 Å². The van der Waals surface area contributed by atoms with E-state index < -0.39 is 0 Å². The Morgan fingerprint density at radius 2 is 0.754 bits per heavy atom. The molecule has 0 bridgehead atoms. The molecule has 11 aromatic carbocycles. The van der Waals surface area contributed by atoms with Crippen molar-refractivity contribution in [2.75, 3.05) is 0 Å². The van der Waals surface area contributed by atoms with E-state index in [9.17, 15) is 0 Å². The standard InChI is InChI=1S/C62H38N2S/c1-3-14-41(15-4-1)59-52-20-9-10-21-53(52)60(61-49-18-8-7-13-40(49)31-34-54(59)61)42-25-23-39(24-26-42)44-27-28-46-36-47(30-29-45(46)35-44)55-38-56(64-62(63-55)43-16-5-2-6-17-43)48-32-33-51-50-19-11-12-22-57(50)65-58(51)37-48/h1-38H. The summed E-state index contributed by atoms with van der Waals surface area (Å²) in [5.41, 5.74) is 12.3. The third kappa shape index (κ3) is 6.39. The molecule has 0 radical (unpaired) electrons. The normalized spacial score (nSPS) is 11.7. The summed E-state index contributed by atoms with van der Waals surface area (Å²) in [4.78, 5) is 10.3. The Morgan fingerprint density at radius 3 is 1.51 bits per heavy atom. The van der Waals surface area contributed by atoms with Gasteiger partial charge in [-0.25, -0.2) is 9.97 Å². The van der Waals surface area contributed by atoms with Crippen LogP contribution in [0.1, 0.15) is 0 Å². The zero-order valence-corrected chi connectivity index (χ0v) is 36.1. The minimum atomic E-state index is 0.717. The second-order valence-electron chi connectivity index (χ2n) is 16.9. The average molecular weight is 843 g/mol. The molecule has 13 rings (SSSR count). The number of rotatable bonds is 6. The van der Waals surface area contributed by atoms with Gasteiger partial charge in [0.2, 0.25) is 0 Å². The maximum Gasteiger partial charge on any atom is 0.160 e. The summed E-state index contributed by atoms with van der Waals surface area (Å²) in [7, 11) is 0. The summed E-state index contributed by atoms with van der Waals surface area (Å²) in [5.74, 6) is 0.717. The summed E-state index contributed by atoms with van der Waals surface area (Å²) in [6, 6.07) is 83.6. The van der Waals surface area contributed by atoms with Gasteiger partial charge in [0.25, 0.3) is 0 Å². The molecule has 0 atom stereocenters. The van der Waals surface area contributed by atoms with E-state index in [4.69, 9.17) is 9.97 Å². The van der Waals surface area contributed by atoms with E-state index >= 15 is 0 Å². The molecule has 0 amide bonds. The molecule has 2 heterocycles. The lowest BCUT2D eigenvalue weighted by Gasteiger charge is -2.19. The molecular formula is C62H38N2S. The van der Waals surface area contributed by atoms with Crippen LogP contribution >= 0.6 is 11.3 Å². The number of thiophene rings is 1. The molecule has 0 spiro atoms. The SMILES string of the molecule is c1ccc(-c2nc(-c3ccc4cc(-c5ccc(-c6c7ccccc7c(-c7ccccc7)c7ccc8ccccc8c67)cc5)ccc4c3)cc(-c3ccc4c(c3)sc3ccccc34)n2)cc1. The smallest absolute Gasteiger partial charge is 0.160 e. The number of fused-ring (bicyclic) bond motifs is 8. The van der Waals surface area contributed by atoms with E-state index in [2.05, 4.69) is 212 Å². The largest absolute Gasteiger partial charge is 0.228 e. The minimum Gasteiger partial charge on any atom is -0.228 e. The second kappa shape index (κ2) is 15.2. The number of hydrogen-bond acceptors (Lipinski definition) is 3. The quantitative estimate of drug-likeness (QED) is 0.123. The van der Waals surface area contributed by atoms with E-state index in [0.29, 0.717) is 0 Å². The fourth-order valence-electron chi connectivity index (χ4n) is 9.92. The van der Waals surface area contributed by atoms with Gasteiger partial charge in [-0.1, -0.05) is 200 Å². The molecular weight excluding hydrogens is 805 g/mol. The number of hydrogen-bond donors (Lipinski definition) is 0. The van der Waals surface area contributed by atoms with Gasteiger partial charge in [0.15, 0.2) is 5.82 Å². The molecule has 0 saturated heterocycles. The van der Waals surface area contributed by atoms with Crippen LogP contribution in [0.15, 0.2) is 231 Å². The summed E-state index contributed by atoms with van der Waals surface area (Å²) in [6.07, 6.45) is 0. The van der Waals surface area contributed by atoms with Crippen LogP contribution in [0.5, 0.6) is 0 Å². The molecule has 0 unspecified atom stereocenters. The first kappa shape index (κ1) is 37.3. The Labute approximate surface area is 380 Å². The van der Waals surface area contributed by atoms with Gasteiger partial charge in [-0.2, -0.15) is 0 Å². The molecule has 0 saturated carbocycles. The van der Waals surface area contributed by atoms with E-state index in [-0.39, 0.29) is 0 Å². The van der Waals surface area contributed by atoms with Crippen molar-refractivity contribution >= 4 is 74.6 Å². The first-order chi connectivity index (χ1) is 32.2. The molecule has 0 N–H and O–H groups in total. The van der Waals surface area contributed by atoms with Crippen LogP contribution in [0.3, 0.4) is 0 Å². The van der Waals surface area contributed by atoms with E-state index in [1.54, 1.807) is 0 Å². The van der Waals surface area contributed by atoms with E-state index in [1.165, 1.54) is 96.6 Å². The monoisotopic (exact) mass is 842 g/mol. The molecule has 65 heavy (non-hydrogen) atoms. The maximum absolute atomic E-state index is 5.17. The van der Waals surface area contributed by atoms with Crippen molar-refractivity contribution in [3.8, 4) is 67.3 Å². The predicted octanol–water partition coefficient (Wildman–Crippen LogP) is 17.5. The van der Waals surface area contributed by atoms with Crippen molar-refractivity contribution in [2.24, 2.45) is 0 Å². The van der Waals surface area contributed by atoms with Gasteiger partial charge in [0.1, 0.15) is 0 Å². The Hall–Kier alpha value is -8.24. The Balaban J connectivity index is 0.886. The lowest BCUT2D eigenvalue weighted by molar-refractivity contribution is 1.18. The van der Waals surface area contributed by atoms with Crippen LogP contribution < -0.4 is 0 Å². The minimum absolute atomic E-state index is 0.717.